The Morgan fingerprint density at radius 1 is 1.05 bits per heavy atom. The van der Waals surface area contributed by atoms with Gasteiger partial charge in [-0.25, -0.2) is 19.7 Å². The summed E-state index contributed by atoms with van der Waals surface area (Å²) >= 11 is 0. The first-order valence-electron chi connectivity index (χ1n) is 14.2. The molecule has 6 rings (SSSR count). The number of carboxylic acid groups (broad SMARTS) is 1. The number of fused-ring (bicyclic) bond motifs is 1. The minimum Gasteiger partial charge on any atom is -0.465 e. The molecule has 3 heterocycles. The van der Waals surface area contributed by atoms with Crippen molar-refractivity contribution >= 4 is 34.4 Å². The normalized spacial score (nSPS) is 19.3. The van der Waals surface area contributed by atoms with E-state index >= 15 is 0 Å². The van der Waals surface area contributed by atoms with Crippen LogP contribution >= 0.6 is 0 Å². The maximum absolute atomic E-state index is 12.9. The zero-order chi connectivity index (χ0) is 29.4. The maximum atomic E-state index is 12.9. The molecule has 2 atom stereocenters. The summed E-state index contributed by atoms with van der Waals surface area (Å²) in [6.45, 7) is 7.11. The number of ether oxygens (including phenoxy) is 1. The van der Waals surface area contributed by atoms with Gasteiger partial charge in [0.2, 0.25) is 17.7 Å². The Morgan fingerprint density at radius 2 is 1.88 bits per heavy atom. The quantitative estimate of drug-likeness (QED) is 0.237. The fourth-order valence-electron chi connectivity index (χ4n) is 5.61. The van der Waals surface area contributed by atoms with Crippen molar-refractivity contribution < 1.29 is 19.4 Å². The number of aryl methyl sites for hydroxylation is 1. The SMILES string of the molecule is Cc1ccc2c(NC(=O)[C@@H]3CC3(C)C)cccc2c1Oc1ncccc1-c1ccnc(NC2CCCN(C(=O)O)C2)n1. The second-order valence-corrected chi connectivity index (χ2v) is 11.8. The Balaban J connectivity index is 1.28. The molecule has 2 aromatic carbocycles. The first-order chi connectivity index (χ1) is 20.2. The Hall–Kier alpha value is -4.73. The van der Waals surface area contributed by atoms with Crippen molar-refractivity contribution in [2.24, 2.45) is 11.3 Å². The Bertz CT molecular complexity index is 1670. The highest BCUT2D eigenvalue weighted by Gasteiger charge is 2.50. The number of amides is 2. The highest BCUT2D eigenvalue weighted by molar-refractivity contribution is 6.05. The summed E-state index contributed by atoms with van der Waals surface area (Å²) in [5.41, 5.74) is 3.04. The minimum atomic E-state index is -0.918. The molecule has 2 amide bonds. The average Bonchev–Trinajstić information content (AvgIpc) is 3.63. The van der Waals surface area contributed by atoms with Crippen molar-refractivity contribution in [2.45, 2.75) is 46.1 Å². The summed E-state index contributed by atoms with van der Waals surface area (Å²) in [6, 6.07) is 15.2. The van der Waals surface area contributed by atoms with Crippen LogP contribution < -0.4 is 15.4 Å². The lowest BCUT2D eigenvalue weighted by molar-refractivity contribution is -0.117. The van der Waals surface area contributed by atoms with E-state index in [1.165, 1.54) is 4.90 Å². The highest BCUT2D eigenvalue weighted by Crippen LogP contribution is 2.52. The van der Waals surface area contributed by atoms with E-state index in [0.29, 0.717) is 41.9 Å². The van der Waals surface area contributed by atoms with Gasteiger partial charge in [-0.3, -0.25) is 4.79 Å². The molecule has 1 saturated carbocycles. The van der Waals surface area contributed by atoms with E-state index in [9.17, 15) is 14.7 Å². The van der Waals surface area contributed by atoms with Crippen LogP contribution in [0.15, 0.2) is 60.9 Å². The molecule has 42 heavy (non-hydrogen) atoms. The van der Waals surface area contributed by atoms with Crippen LogP contribution in [-0.4, -0.2) is 56.1 Å². The van der Waals surface area contributed by atoms with Gasteiger partial charge >= 0.3 is 6.09 Å². The summed E-state index contributed by atoms with van der Waals surface area (Å²) < 4.78 is 6.51. The summed E-state index contributed by atoms with van der Waals surface area (Å²) in [4.78, 5) is 39.4. The first-order valence-corrected chi connectivity index (χ1v) is 14.2. The van der Waals surface area contributed by atoms with Gasteiger partial charge in [-0.1, -0.05) is 38.1 Å². The molecule has 0 bridgehead atoms. The number of anilines is 2. The van der Waals surface area contributed by atoms with Crippen molar-refractivity contribution in [3.05, 3.63) is 66.5 Å². The third kappa shape index (κ3) is 5.57. The van der Waals surface area contributed by atoms with Crippen LogP contribution in [-0.2, 0) is 4.79 Å². The molecule has 0 spiro atoms. The average molecular weight is 567 g/mol. The number of nitrogens with one attached hydrogen (secondary N) is 2. The molecule has 1 aliphatic carbocycles. The molecule has 1 aliphatic heterocycles. The van der Waals surface area contributed by atoms with Crippen LogP contribution in [0.5, 0.6) is 11.6 Å². The van der Waals surface area contributed by atoms with Gasteiger partial charge in [-0.15, -0.1) is 0 Å². The van der Waals surface area contributed by atoms with Crippen molar-refractivity contribution in [3.63, 3.8) is 0 Å². The van der Waals surface area contributed by atoms with Crippen LogP contribution in [0, 0.1) is 18.3 Å². The number of likely N-dealkylation sites (tertiary alicyclic amines) is 1. The second kappa shape index (κ2) is 10.9. The number of aromatic nitrogens is 3. The summed E-state index contributed by atoms with van der Waals surface area (Å²) in [6.07, 6.45) is 4.92. The van der Waals surface area contributed by atoms with E-state index in [1.54, 1.807) is 18.5 Å². The van der Waals surface area contributed by atoms with Crippen LogP contribution in [0.3, 0.4) is 0 Å². The Kier molecular flexibility index (Phi) is 7.14. The number of carbonyl (C=O) groups excluding carboxylic acids is 1. The van der Waals surface area contributed by atoms with Crippen molar-refractivity contribution in [1.82, 2.24) is 19.9 Å². The fourth-order valence-corrected chi connectivity index (χ4v) is 5.61. The number of piperidine rings is 1. The molecule has 1 saturated heterocycles. The topological polar surface area (TPSA) is 130 Å². The Labute approximate surface area is 244 Å². The van der Waals surface area contributed by atoms with Gasteiger partial charge in [0.25, 0.3) is 0 Å². The number of carbonyl (C=O) groups is 2. The number of hydrogen-bond acceptors (Lipinski definition) is 7. The molecular formula is C32H34N6O4. The molecule has 0 radical (unpaired) electrons. The molecule has 216 valence electrons. The molecule has 4 aromatic rings. The number of nitrogens with zero attached hydrogens (tertiary/aromatic N) is 4. The minimum absolute atomic E-state index is 0.0199. The van der Waals surface area contributed by atoms with Crippen LogP contribution in [0.4, 0.5) is 16.4 Å². The largest absolute Gasteiger partial charge is 0.465 e. The third-order valence-electron chi connectivity index (χ3n) is 8.22. The van der Waals surface area contributed by atoms with E-state index in [-0.39, 0.29) is 23.3 Å². The van der Waals surface area contributed by atoms with Crippen LogP contribution in [0.25, 0.3) is 22.0 Å². The van der Waals surface area contributed by atoms with Gasteiger partial charge in [0.15, 0.2) is 0 Å². The Morgan fingerprint density at radius 3 is 2.67 bits per heavy atom. The molecule has 2 fully saturated rings. The maximum Gasteiger partial charge on any atom is 0.407 e. The zero-order valence-corrected chi connectivity index (χ0v) is 23.9. The van der Waals surface area contributed by atoms with Gasteiger partial charge in [-0.05, 0) is 61.4 Å². The zero-order valence-electron chi connectivity index (χ0n) is 23.9. The lowest BCUT2D eigenvalue weighted by Gasteiger charge is -2.31. The number of hydrogen-bond donors (Lipinski definition) is 3. The molecule has 10 heteroatoms. The van der Waals surface area contributed by atoms with Gasteiger partial charge in [0, 0.05) is 53.9 Å². The standard InChI is InChI=1S/C32H34N6O4/c1-19-11-12-21-22(8-4-10-25(21)36-28(39)24-17-32(24,2)3)27(19)42-29-23(9-5-14-33-29)26-13-15-34-30(37-26)35-20-7-6-16-38(18-20)31(40)41/h4-5,8-15,20,24H,6-7,16-18H2,1-3H3,(H,36,39)(H,40,41)(H,34,35,37)/t20?,24-/m0/s1. The number of rotatable bonds is 7. The van der Waals surface area contributed by atoms with E-state index in [0.717, 1.165) is 41.3 Å². The molecule has 10 nitrogen and oxygen atoms in total. The predicted molar refractivity (Wildman–Crippen MR) is 161 cm³/mol. The van der Waals surface area contributed by atoms with Crippen molar-refractivity contribution in [2.75, 3.05) is 23.7 Å². The molecule has 2 aliphatic rings. The molecule has 3 N–H and O–H groups in total. The monoisotopic (exact) mass is 566 g/mol. The fraction of sp³-hybridized carbons (Fsp3) is 0.344. The lowest BCUT2D eigenvalue weighted by atomic mass is 10.0. The second-order valence-electron chi connectivity index (χ2n) is 11.8. The highest BCUT2D eigenvalue weighted by atomic mass is 16.5. The van der Waals surface area contributed by atoms with E-state index < -0.39 is 6.09 Å². The van der Waals surface area contributed by atoms with Crippen molar-refractivity contribution in [1.29, 1.82) is 0 Å². The van der Waals surface area contributed by atoms with Gasteiger partial charge < -0.3 is 25.4 Å². The first kappa shape index (κ1) is 27.4. The lowest BCUT2D eigenvalue weighted by Crippen LogP contribution is -2.44. The van der Waals surface area contributed by atoms with Gasteiger partial charge in [0.05, 0.1) is 11.3 Å². The van der Waals surface area contributed by atoms with E-state index in [4.69, 9.17) is 9.72 Å². The number of benzene rings is 2. The van der Waals surface area contributed by atoms with Crippen LogP contribution in [0.1, 0.15) is 38.7 Å². The molecule has 1 unspecified atom stereocenters. The number of pyridine rings is 1. The third-order valence-corrected chi connectivity index (χ3v) is 8.22. The van der Waals surface area contributed by atoms with E-state index in [1.807, 2.05) is 49.4 Å². The summed E-state index contributed by atoms with van der Waals surface area (Å²) in [5, 5.41) is 17.6. The molecule has 2 aromatic heterocycles. The smallest absolute Gasteiger partial charge is 0.407 e. The van der Waals surface area contributed by atoms with Gasteiger partial charge in [0.1, 0.15) is 5.75 Å². The van der Waals surface area contributed by atoms with Crippen molar-refractivity contribution in [3.8, 4) is 22.9 Å². The van der Waals surface area contributed by atoms with Crippen LogP contribution in [0.2, 0.25) is 0 Å². The van der Waals surface area contributed by atoms with E-state index in [2.05, 4.69) is 34.4 Å². The summed E-state index contributed by atoms with van der Waals surface area (Å²) in [7, 11) is 0. The summed E-state index contributed by atoms with van der Waals surface area (Å²) in [5.74, 6) is 1.52. The van der Waals surface area contributed by atoms with Gasteiger partial charge in [-0.2, -0.15) is 0 Å². The molecular weight excluding hydrogens is 532 g/mol. The predicted octanol–water partition coefficient (Wildman–Crippen LogP) is 6.33.